The molecule has 48 heavy (non-hydrogen) atoms. The van der Waals surface area contributed by atoms with Crippen molar-refractivity contribution < 1.29 is 50.3 Å². The lowest BCUT2D eigenvalue weighted by atomic mass is 9.71. The van der Waals surface area contributed by atoms with E-state index in [0.29, 0.717) is 40.8 Å². The number of benzene rings is 3. The lowest BCUT2D eigenvalue weighted by Gasteiger charge is -2.38. The van der Waals surface area contributed by atoms with Crippen LogP contribution in [0.5, 0.6) is 0 Å². The van der Waals surface area contributed by atoms with Crippen LogP contribution >= 0.6 is 0 Å². The average Bonchev–Trinajstić information content (AvgIpc) is 3.34. The molecule has 0 bridgehead atoms. The van der Waals surface area contributed by atoms with E-state index in [1.54, 1.807) is 20.8 Å². The van der Waals surface area contributed by atoms with Gasteiger partial charge in [0.1, 0.15) is 0 Å². The summed E-state index contributed by atoms with van der Waals surface area (Å²) in [6, 6.07) is 7.10. The highest BCUT2D eigenvalue weighted by molar-refractivity contribution is 6.34. The van der Waals surface area contributed by atoms with Crippen molar-refractivity contribution in [2.45, 2.75) is 70.3 Å². The molecule has 2 aliphatic heterocycles. The Labute approximate surface area is 270 Å². The maximum atomic E-state index is 15.1. The monoisotopic (exact) mass is 673 g/mol. The number of carbonyl (C=O) groups excluding carboxylic acids is 5. The van der Waals surface area contributed by atoms with Gasteiger partial charge >= 0.3 is 12.4 Å². The van der Waals surface area contributed by atoms with Gasteiger partial charge in [-0.05, 0) is 85.3 Å². The zero-order valence-electron chi connectivity index (χ0n) is 26.5. The molecule has 0 aromatic heterocycles. The molecule has 0 saturated carbocycles. The van der Waals surface area contributed by atoms with E-state index >= 15 is 26.3 Å². The van der Waals surface area contributed by atoms with Crippen LogP contribution in [0, 0.1) is 0 Å². The molecule has 2 heterocycles. The van der Waals surface area contributed by atoms with E-state index in [1.165, 1.54) is 32.9 Å². The minimum absolute atomic E-state index is 0.0857. The van der Waals surface area contributed by atoms with Gasteiger partial charge in [0.25, 0.3) is 23.6 Å². The van der Waals surface area contributed by atoms with Crippen LogP contribution in [0.25, 0.3) is 0 Å². The topological polar surface area (TPSA) is 118 Å². The molecule has 0 aliphatic carbocycles. The normalized spacial score (nSPS) is 15.8. The second kappa shape index (κ2) is 10.5. The van der Waals surface area contributed by atoms with Crippen molar-refractivity contribution in [3.8, 4) is 0 Å². The highest BCUT2D eigenvalue weighted by atomic mass is 19.4. The molecule has 3 aromatic carbocycles. The standard InChI is InChI=1S/C34H29F6N3O5/c1-30(2,3)19-11-16(25(41)44)12-20(13-19)42-26(45)21-9-7-17(14-23(21)27(42)46)32(33(35,36)37,34(38,39)40)18-8-10-22-24(15-18)29(48)43(28(22)47)31(4,5)6/h7-15H,1-6H3,(H2,41,44). The van der Waals surface area contributed by atoms with Gasteiger partial charge in [-0.2, -0.15) is 26.3 Å². The van der Waals surface area contributed by atoms with Crippen molar-refractivity contribution in [2.24, 2.45) is 5.73 Å². The number of amides is 5. The minimum atomic E-state index is -6.11. The van der Waals surface area contributed by atoms with Crippen LogP contribution in [0.2, 0.25) is 0 Å². The molecule has 2 N–H and O–H groups in total. The summed E-state index contributed by atoms with van der Waals surface area (Å²) < 4.78 is 90.5. The van der Waals surface area contributed by atoms with Crippen molar-refractivity contribution in [3.63, 3.8) is 0 Å². The second-order valence-corrected chi connectivity index (χ2v) is 13.7. The number of halogens is 6. The third kappa shape index (κ3) is 4.96. The van der Waals surface area contributed by atoms with E-state index in [1.807, 2.05) is 0 Å². The van der Waals surface area contributed by atoms with Gasteiger partial charge < -0.3 is 5.73 Å². The number of nitrogens with zero attached hydrogens (tertiary/aromatic N) is 2. The largest absolute Gasteiger partial charge is 0.411 e. The van der Waals surface area contributed by atoms with Gasteiger partial charge in [0.05, 0.1) is 27.9 Å². The van der Waals surface area contributed by atoms with Crippen LogP contribution < -0.4 is 10.6 Å². The molecule has 3 aromatic rings. The van der Waals surface area contributed by atoms with Crippen LogP contribution in [0.15, 0.2) is 54.6 Å². The number of nitrogens with two attached hydrogens (primary N) is 1. The summed E-state index contributed by atoms with van der Waals surface area (Å²) in [6.45, 7) is 9.73. The van der Waals surface area contributed by atoms with Crippen LogP contribution in [0.1, 0.15) is 110 Å². The lowest BCUT2D eigenvalue weighted by molar-refractivity contribution is -0.288. The molecule has 5 amide bonds. The zero-order valence-corrected chi connectivity index (χ0v) is 26.5. The molecule has 252 valence electrons. The Morgan fingerprint density at radius 2 is 1.02 bits per heavy atom. The Hall–Kier alpha value is -5.01. The molecule has 0 unspecified atom stereocenters. The molecule has 8 nitrogen and oxygen atoms in total. The van der Waals surface area contributed by atoms with Crippen molar-refractivity contribution in [3.05, 3.63) is 99.1 Å². The molecule has 2 aliphatic rings. The molecule has 0 fully saturated rings. The Morgan fingerprint density at radius 1 is 0.583 bits per heavy atom. The third-order valence-corrected chi connectivity index (χ3v) is 8.49. The number of hydrogen-bond acceptors (Lipinski definition) is 5. The number of carbonyl (C=O) groups is 5. The minimum Gasteiger partial charge on any atom is -0.366 e. The van der Waals surface area contributed by atoms with Gasteiger partial charge in [-0.15, -0.1) is 0 Å². The number of hydrogen-bond donors (Lipinski definition) is 1. The maximum Gasteiger partial charge on any atom is 0.411 e. The first-order valence-corrected chi connectivity index (χ1v) is 14.5. The van der Waals surface area contributed by atoms with Crippen LogP contribution in [-0.2, 0) is 10.8 Å². The second-order valence-electron chi connectivity index (χ2n) is 13.7. The highest BCUT2D eigenvalue weighted by Gasteiger charge is 2.73. The van der Waals surface area contributed by atoms with Crippen LogP contribution in [0.4, 0.5) is 32.0 Å². The smallest absolute Gasteiger partial charge is 0.366 e. The summed E-state index contributed by atoms with van der Waals surface area (Å²) in [4.78, 5) is 66.5. The van der Waals surface area contributed by atoms with Gasteiger partial charge in [-0.3, -0.25) is 28.9 Å². The predicted octanol–water partition coefficient (Wildman–Crippen LogP) is 6.69. The number of imide groups is 2. The van der Waals surface area contributed by atoms with E-state index < -0.39 is 86.1 Å². The molecule has 0 spiro atoms. The molecule has 0 atom stereocenters. The first-order valence-electron chi connectivity index (χ1n) is 14.5. The fourth-order valence-corrected chi connectivity index (χ4v) is 6.09. The lowest BCUT2D eigenvalue weighted by Crippen LogP contribution is -2.55. The van der Waals surface area contributed by atoms with E-state index in [-0.39, 0.29) is 16.8 Å². The van der Waals surface area contributed by atoms with Crippen LogP contribution in [-0.4, -0.2) is 52.3 Å². The Balaban J connectivity index is 1.71. The van der Waals surface area contributed by atoms with Gasteiger partial charge in [0.2, 0.25) is 11.3 Å². The van der Waals surface area contributed by atoms with Crippen molar-refractivity contribution >= 4 is 35.2 Å². The molecular formula is C34H29F6N3O5. The summed E-state index contributed by atoms with van der Waals surface area (Å²) in [7, 11) is 0. The number of rotatable bonds is 4. The quantitative estimate of drug-likeness (QED) is 0.245. The summed E-state index contributed by atoms with van der Waals surface area (Å²) in [6.07, 6.45) is -12.2. The van der Waals surface area contributed by atoms with Crippen molar-refractivity contribution in [1.29, 1.82) is 0 Å². The SMILES string of the molecule is CC(C)(C)c1cc(C(N)=O)cc(N2C(=O)c3ccc(C(c4ccc5c(c4)C(=O)N(C(C)(C)C)C5=O)(C(F)(F)F)C(F)(F)F)cc3C2=O)c1. The maximum absolute atomic E-state index is 15.1. The summed E-state index contributed by atoms with van der Waals surface area (Å²) in [5, 5.41) is 0. The predicted molar refractivity (Wildman–Crippen MR) is 161 cm³/mol. The molecule has 14 heteroatoms. The molecule has 0 saturated heterocycles. The van der Waals surface area contributed by atoms with Crippen LogP contribution in [0.3, 0.4) is 0 Å². The zero-order chi connectivity index (χ0) is 36.1. The van der Waals surface area contributed by atoms with E-state index in [4.69, 9.17) is 5.73 Å². The Kier molecular flexibility index (Phi) is 7.51. The average molecular weight is 674 g/mol. The first kappa shape index (κ1) is 34.3. The summed E-state index contributed by atoms with van der Waals surface area (Å²) >= 11 is 0. The van der Waals surface area contributed by atoms with E-state index in [2.05, 4.69) is 0 Å². The number of primary amides is 1. The highest BCUT2D eigenvalue weighted by Crippen LogP contribution is 2.57. The Bertz CT molecular complexity index is 1940. The fraction of sp³-hybridized carbons (Fsp3) is 0.324. The summed E-state index contributed by atoms with van der Waals surface area (Å²) in [5.41, 5.74) is -6.00. The van der Waals surface area contributed by atoms with Crippen molar-refractivity contribution in [1.82, 2.24) is 4.90 Å². The molecule has 0 radical (unpaired) electrons. The van der Waals surface area contributed by atoms with Crippen molar-refractivity contribution in [2.75, 3.05) is 4.90 Å². The number of alkyl halides is 6. The third-order valence-electron chi connectivity index (χ3n) is 8.49. The Morgan fingerprint density at radius 3 is 1.46 bits per heavy atom. The van der Waals surface area contributed by atoms with Gasteiger partial charge in [0, 0.05) is 11.1 Å². The van der Waals surface area contributed by atoms with E-state index in [0.717, 1.165) is 17.0 Å². The van der Waals surface area contributed by atoms with Gasteiger partial charge in [-0.25, -0.2) is 4.90 Å². The van der Waals surface area contributed by atoms with Gasteiger partial charge in [0.15, 0.2) is 0 Å². The number of fused-ring (bicyclic) bond motifs is 2. The summed E-state index contributed by atoms with van der Waals surface area (Å²) in [5.74, 6) is -5.12. The number of anilines is 1. The van der Waals surface area contributed by atoms with Gasteiger partial charge in [-0.1, -0.05) is 32.9 Å². The fourth-order valence-electron chi connectivity index (χ4n) is 6.09. The molecular weight excluding hydrogens is 644 g/mol. The molecule has 5 rings (SSSR count). The first-order chi connectivity index (χ1) is 21.8. The van der Waals surface area contributed by atoms with E-state index in [9.17, 15) is 24.0 Å².